The molecule has 0 unspecified atom stereocenters. The minimum absolute atomic E-state index is 0.0533. The van der Waals surface area contributed by atoms with Crippen LogP contribution in [0.15, 0.2) is 39.7 Å². The summed E-state index contributed by atoms with van der Waals surface area (Å²) in [5, 5.41) is 2.90. The van der Waals surface area contributed by atoms with E-state index in [1.54, 1.807) is 10.9 Å². The van der Waals surface area contributed by atoms with Gasteiger partial charge in [0, 0.05) is 22.8 Å². The van der Waals surface area contributed by atoms with E-state index >= 15 is 0 Å². The van der Waals surface area contributed by atoms with E-state index in [1.165, 1.54) is 0 Å². The fourth-order valence-electron chi connectivity index (χ4n) is 1.53. The Morgan fingerprint density at radius 3 is 2.88 bits per heavy atom. The molecule has 4 nitrogen and oxygen atoms in total. The zero-order valence-corrected chi connectivity index (χ0v) is 10.2. The SMILES string of the molecule is NCc1c[nH]n(Cc2cccc(Br)c2)c1=O. The summed E-state index contributed by atoms with van der Waals surface area (Å²) in [5.74, 6) is 0. The van der Waals surface area contributed by atoms with Gasteiger partial charge < -0.3 is 10.8 Å². The molecule has 0 spiro atoms. The van der Waals surface area contributed by atoms with E-state index in [-0.39, 0.29) is 12.1 Å². The number of benzene rings is 1. The summed E-state index contributed by atoms with van der Waals surface area (Å²) < 4.78 is 2.55. The number of hydrogen-bond donors (Lipinski definition) is 2. The minimum atomic E-state index is -0.0533. The lowest BCUT2D eigenvalue weighted by Crippen LogP contribution is -2.21. The molecular weight excluding hydrogens is 270 g/mol. The topological polar surface area (TPSA) is 63.8 Å². The fourth-order valence-corrected chi connectivity index (χ4v) is 1.98. The molecule has 0 bridgehead atoms. The van der Waals surface area contributed by atoms with Crippen molar-refractivity contribution in [3.05, 3.63) is 56.4 Å². The van der Waals surface area contributed by atoms with E-state index in [2.05, 4.69) is 21.0 Å². The first-order chi connectivity index (χ1) is 7.70. The summed E-state index contributed by atoms with van der Waals surface area (Å²) in [6, 6.07) is 7.85. The maximum Gasteiger partial charge on any atom is 0.271 e. The van der Waals surface area contributed by atoms with Gasteiger partial charge >= 0.3 is 0 Å². The first-order valence-corrected chi connectivity index (χ1v) is 5.71. The van der Waals surface area contributed by atoms with E-state index in [1.807, 2.05) is 24.3 Å². The molecule has 0 saturated carbocycles. The summed E-state index contributed by atoms with van der Waals surface area (Å²) in [5.41, 5.74) is 7.05. The van der Waals surface area contributed by atoms with Crippen molar-refractivity contribution in [2.45, 2.75) is 13.1 Å². The van der Waals surface area contributed by atoms with Gasteiger partial charge in [0.2, 0.25) is 0 Å². The van der Waals surface area contributed by atoms with Crippen molar-refractivity contribution in [2.75, 3.05) is 0 Å². The highest BCUT2D eigenvalue weighted by Gasteiger charge is 2.04. The van der Waals surface area contributed by atoms with Crippen LogP contribution in [0.3, 0.4) is 0 Å². The first kappa shape index (κ1) is 11.2. The van der Waals surface area contributed by atoms with Gasteiger partial charge in [-0.25, -0.2) is 4.68 Å². The first-order valence-electron chi connectivity index (χ1n) is 4.92. The van der Waals surface area contributed by atoms with Crippen molar-refractivity contribution in [2.24, 2.45) is 5.73 Å². The van der Waals surface area contributed by atoms with Crippen LogP contribution in [0.4, 0.5) is 0 Å². The van der Waals surface area contributed by atoms with Gasteiger partial charge in [-0.05, 0) is 17.7 Å². The molecule has 2 aromatic rings. The summed E-state index contributed by atoms with van der Waals surface area (Å²) in [7, 11) is 0. The third kappa shape index (κ3) is 2.25. The van der Waals surface area contributed by atoms with Gasteiger partial charge in [0.15, 0.2) is 0 Å². The van der Waals surface area contributed by atoms with Crippen molar-refractivity contribution in [3.63, 3.8) is 0 Å². The molecule has 0 aliphatic rings. The van der Waals surface area contributed by atoms with Crippen LogP contribution in [0.5, 0.6) is 0 Å². The number of nitrogens with zero attached hydrogens (tertiary/aromatic N) is 1. The van der Waals surface area contributed by atoms with Crippen molar-refractivity contribution in [3.8, 4) is 0 Å². The maximum atomic E-state index is 11.7. The number of aromatic amines is 1. The van der Waals surface area contributed by atoms with Crippen LogP contribution < -0.4 is 11.3 Å². The molecule has 1 aromatic heterocycles. The van der Waals surface area contributed by atoms with Gasteiger partial charge in [-0.2, -0.15) is 0 Å². The molecule has 16 heavy (non-hydrogen) atoms. The number of H-pyrrole nitrogens is 1. The highest BCUT2D eigenvalue weighted by atomic mass is 79.9. The monoisotopic (exact) mass is 281 g/mol. The Balaban J connectivity index is 2.27. The normalized spacial score (nSPS) is 10.6. The second-order valence-corrected chi connectivity index (χ2v) is 4.44. The quantitative estimate of drug-likeness (QED) is 0.894. The Morgan fingerprint density at radius 2 is 2.25 bits per heavy atom. The molecule has 84 valence electrons. The largest absolute Gasteiger partial charge is 0.326 e. The van der Waals surface area contributed by atoms with Crippen LogP contribution in [0, 0.1) is 0 Å². The summed E-state index contributed by atoms with van der Waals surface area (Å²) in [6.45, 7) is 0.791. The highest BCUT2D eigenvalue weighted by Crippen LogP contribution is 2.11. The van der Waals surface area contributed by atoms with E-state index in [4.69, 9.17) is 5.73 Å². The molecule has 0 radical (unpaired) electrons. The number of aromatic nitrogens is 2. The van der Waals surface area contributed by atoms with Crippen LogP contribution in [-0.4, -0.2) is 9.78 Å². The van der Waals surface area contributed by atoms with E-state index in [9.17, 15) is 4.79 Å². The molecule has 5 heteroatoms. The highest BCUT2D eigenvalue weighted by molar-refractivity contribution is 9.10. The number of hydrogen-bond acceptors (Lipinski definition) is 2. The predicted octanol–water partition coefficient (Wildman–Crippen LogP) is 1.45. The molecule has 0 aliphatic heterocycles. The van der Waals surface area contributed by atoms with E-state index < -0.39 is 0 Å². The number of nitrogens with one attached hydrogen (secondary N) is 1. The number of nitrogens with two attached hydrogens (primary N) is 1. The maximum absolute atomic E-state index is 11.7. The van der Waals surface area contributed by atoms with Crippen LogP contribution in [-0.2, 0) is 13.1 Å². The van der Waals surface area contributed by atoms with Gasteiger partial charge in [-0.3, -0.25) is 4.79 Å². The van der Waals surface area contributed by atoms with E-state index in [0.29, 0.717) is 12.1 Å². The lowest BCUT2D eigenvalue weighted by atomic mass is 10.2. The van der Waals surface area contributed by atoms with Gasteiger partial charge in [-0.1, -0.05) is 28.1 Å². The van der Waals surface area contributed by atoms with Crippen LogP contribution >= 0.6 is 15.9 Å². The van der Waals surface area contributed by atoms with Gasteiger partial charge in [0.1, 0.15) is 0 Å². The van der Waals surface area contributed by atoms with Crippen molar-refractivity contribution >= 4 is 15.9 Å². The smallest absolute Gasteiger partial charge is 0.271 e. The molecule has 0 fully saturated rings. The zero-order valence-electron chi connectivity index (χ0n) is 8.61. The molecular formula is C11H12BrN3O. The molecule has 1 aromatic carbocycles. The Morgan fingerprint density at radius 1 is 1.44 bits per heavy atom. The predicted molar refractivity (Wildman–Crippen MR) is 66.2 cm³/mol. The Kier molecular flexibility index (Phi) is 3.26. The van der Waals surface area contributed by atoms with Crippen LogP contribution in [0.2, 0.25) is 0 Å². The van der Waals surface area contributed by atoms with Crippen LogP contribution in [0.1, 0.15) is 11.1 Å². The summed E-state index contributed by atoms with van der Waals surface area (Å²) in [6.07, 6.45) is 1.65. The molecule has 0 amide bonds. The van der Waals surface area contributed by atoms with E-state index in [0.717, 1.165) is 10.0 Å². The van der Waals surface area contributed by atoms with Gasteiger partial charge in [0.25, 0.3) is 5.56 Å². The lowest BCUT2D eigenvalue weighted by molar-refractivity contribution is 0.662. The molecule has 1 heterocycles. The number of rotatable bonds is 3. The number of halogens is 1. The van der Waals surface area contributed by atoms with Crippen LogP contribution in [0.25, 0.3) is 0 Å². The van der Waals surface area contributed by atoms with Gasteiger partial charge in [0.05, 0.1) is 6.54 Å². The molecule has 0 saturated heterocycles. The third-order valence-corrected chi connectivity index (χ3v) is 2.86. The summed E-state index contributed by atoms with van der Waals surface area (Å²) >= 11 is 3.40. The van der Waals surface area contributed by atoms with Crippen molar-refractivity contribution in [1.82, 2.24) is 9.78 Å². The Bertz CT molecular complexity index is 544. The molecule has 2 rings (SSSR count). The fraction of sp³-hybridized carbons (Fsp3) is 0.182. The zero-order chi connectivity index (χ0) is 11.5. The Labute approximate surface area is 101 Å². The average Bonchev–Trinajstić information content (AvgIpc) is 2.60. The van der Waals surface area contributed by atoms with Crippen molar-refractivity contribution in [1.29, 1.82) is 0 Å². The molecule has 3 N–H and O–H groups in total. The standard InChI is InChI=1S/C11H12BrN3O/c12-10-3-1-2-8(4-10)7-15-11(16)9(5-13)6-14-15/h1-4,6,14H,5,7,13H2. The Hall–Kier alpha value is -1.33. The second-order valence-electron chi connectivity index (χ2n) is 3.52. The summed E-state index contributed by atoms with van der Waals surface area (Å²) in [4.78, 5) is 11.7. The average molecular weight is 282 g/mol. The van der Waals surface area contributed by atoms with Gasteiger partial charge in [-0.15, -0.1) is 0 Å². The van der Waals surface area contributed by atoms with Crippen molar-refractivity contribution < 1.29 is 0 Å². The molecule has 0 aliphatic carbocycles. The third-order valence-electron chi connectivity index (χ3n) is 2.36. The molecule has 0 atom stereocenters. The second kappa shape index (κ2) is 4.67. The lowest BCUT2D eigenvalue weighted by Gasteiger charge is -2.02. The minimum Gasteiger partial charge on any atom is -0.326 e.